The summed E-state index contributed by atoms with van der Waals surface area (Å²) in [5.41, 5.74) is 0.769. The molecule has 3 atom stereocenters. The van der Waals surface area contributed by atoms with Gasteiger partial charge in [0.1, 0.15) is 6.61 Å². The Bertz CT molecular complexity index is 1310. The summed E-state index contributed by atoms with van der Waals surface area (Å²) in [5, 5.41) is 14.6. The Morgan fingerprint density at radius 3 is 1.48 bits per heavy atom. The number of amides is 3. The summed E-state index contributed by atoms with van der Waals surface area (Å²) in [6, 6.07) is 0. The summed E-state index contributed by atoms with van der Waals surface area (Å²) in [7, 11) is 3.04. The van der Waals surface area contributed by atoms with Crippen molar-refractivity contribution >= 4 is 35.5 Å². The van der Waals surface area contributed by atoms with Crippen molar-refractivity contribution < 1.29 is 95.3 Å². The molecular formula is C47H87N3O20S. The first-order valence-electron chi connectivity index (χ1n) is 24.7. The van der Waals surface area contributed by atoms with Crippen molar-refractivity contribution in [3.05, 3.63) is 12.3 Å². The molecule has 3 N–H and O–H groups in total. The number of allylic oxidation sites excluding steroid dienone is 1. The molecule has 3 amide bonds. The van der Waals surface area contributed by atoms with Crippen molar-refractivity contribution in [1.29, 1.82) is 0 Å². The van der Waals surface area contributed by atoms with Crippen LogP contribution in [0, 0.1) is 0 Å². The molecule has 0 aromatic carbocycles. The first-order valence-corrected chi connectivity index (χ1v) is 25.8. The third-order valence-corrected chi connectivity index (χ3v) is 11.0. The van der Waals surface area contributed by atoms with Crippen LogP contribution in [-0.2, 0) is 90.2 Å². The van der Waals surface area contributed by atoms with Gasteiger partial charge >= 0.3 is 5.97 Å². The zero-order valence-corrected chi connectivity index (χ0v) is 43.6. The molecule has 416 valence electrons. The van der Waals surface area contributed by atoms with Crippen LogP contribution in [0.4, 0.5) is 0 Å². The monoisotopic (exact) mass is 1050 g/mol. The summed E-state index contributed by atoms with van der Waals surface area (Å²) < 4.78 is 81.7. The van der Waals surface area contributed by atoms with Crippen molar-refractivity contribution in [3.8, 4) is 0 Å². The molecule has 0 radical (unpaired) electrons. The second-order valence-corrected chi connectivity index (χ2v) is 16.6. The van der Waals surface area contributed by atoms with E-state index in [1.54, 1.807) is 7.05 Å². The van der Waals surface area contributed by atoms with Crippen LogP contribution in [0.15, 0.2) is 12.3 Å². The molecule has 0 aromatic rings. The highest BCUT2D eigenvalue weighted by atomic mass is 32.2. The molecular weight excluding hydrogens is 959 g/mol. The van der Waals surface area contributed by atoms with E-state index in [1.807, 2.05) is 6.92 Å². The van der Waals surface area contributed by atoms with Gasteiger partial charge in [-0.3, -0.25) is 24.1 Å². The van der Waals surface area contributed by atoms with E-state index >= 15 is 0 Å². The van der Waals surface area contributed by atoms with Gasteiger partial charge in [-0.25, -0.2) is 0 Å². The molecule has 0 aliphatic carbocycles. The van der Waals surface area contributed by atoms with E-state index in [9.17, 15) is 24.3 Å². The lowest BCUT2D eigenvalue weighted by Gasteiger charge is -2.21. The molecule has 0 aromatic heterocycles. The van der Waals surface area contributed by atoms with Gasteiger partial charge in [0.15, 0.2) is 6.29 Å². The van der Waals surface area contributed by atoms with Gasteiger partial charge in [0.25, 0.3) is 0 Å². The summed E-state index contributed by atoms with van der Waals surface area (Å²) >= 11 is 1.43. The lowest BCUT2D eigenvalue weighted by Crippen LogP contribution is -2.34. The standard InChI is InChI=1S/C47H87N3O20S/c1-5-41(38-51)70-46(56-4)39-69-45(54)8-6-7-40(2)49-10-36-71-42-37-44(53)50(47(42)55)11-13-58-15-17-60-19-21-62-23-25-64-27-29-66-31-33-68-35-34-67-32-30-65-28-26-63-24-22-61-20-18-59-16-14-57-12-9-43(52)48-3/h41-42,46,49,51H,2,5-39H2,1,3-4H3,(H,48,52). The number of aliphatic hydroxyl groups excluding tert-OH is 1. The van der Waals surface area contributed by atoms with Gasteiger partial charge in [-0.1, -0.05) is 13.5 Å². The summed E-state index contributed by atoms with van der Waals surface area (Å²) in [6.07, 6.45) is 1.31. The van der Waals surface area contributed by atoms with Crippen molar-refractivity contribution in [2.45, 2.75) is 63.1 Å². The number of nitrogens with zero attached hydrogens (tertiary/aromatic N) is 1. The number of hydrogen-bond acceptors (Lipinski definition) is 22. The Morgan fingerprint density at radius 2 is 1.08 bits per heavy atom. The van der Waals surface area contributed by atoms with E-state index in [0.717, 1.165) is 5.70 Å². The lowest BCUT2D eigenvalue weighted by atomic mass is 10.2. The van der Waals surface area contributed by atoms with E-state index in [1.165, 1.54) is 23.8 Å². The van der Waals surface area contributed by atoms with Crippen LogP contribution in [0.1, 0.15) is 45.4 Å². The first-order chi connectivity index (χ1) is 34.7. The molecule has 24 heteroatoms. The van der Waals surface area contributed by atoms with Crippen molar-refractivity contribution in [3.63, 3.8) is 0 Å². The van der Waals surface area contributed by atoms with Gasteiger partial charge in [0.2, 0.25) is 17.7 Å². The highest BCUT2D eigenvalue weighted by molar-refractivity contribution is 8.00. The van der Waals surface area contributed by atoms with Crippen molar-refractivity contribution in [1.82, 2.24) is 15.5 Å². The molecule has 1 aliphatic heterocycles. The van der Waals surface area contributed by atoms with Gasteiger partial charge in [0.05, 0.1) is 183 Å². The fourth-order valence-corrected chi connectivity index (χ4v) is 6.86. The first kappa shape index (κ1) is 66.4. The van der Waals surface area contributed by atoms with E-state index in [2.05, 4.69) is 17.2 Å². The number of methoxy groups -OCH3 is 1. The van der Waals surface area contributed by atoms with Gasteiger partial charge in [-0.05, 0) is 19.3 Å². The number of hydrogen-bond donors (Lipinski definition) is 3. The zero-order valence-electron chi connectivity index (χ0n) is 42.7. The lowest BCUT2D eigenvalue weighted by molar-refractivity contribution is -0.194. The molecule has 0 spiro atoms. The highest BCUT2D eigenvalue weighted by Crippen LogP contribution is 2.24. The summed E-state index contributed by atoms with van der Waals surface area (Å²) in [4.78, 5) is 49.7. The van der Waals surface area contributed by atoms with Crippen LogP contribution < -0.4 is 10.6 Å². The number of nitrogens with one attached hydrogen (secondary N) is 2. The second kappa shape index (κ2) is 49.6. The van der Waals surface area contributed by atoms with Crippen molar-refractivity contribution in [2.24, 2.45) is 0 Å². The number of carbonyl (C=O) groups is 4. The topological polar surface area (TPSA) is 254 Å². The normalized spacial score (nSPS) is 14.6. The fraction of sp³-hybridized carbons (Fsp3) is 0.872. The molecule has 3 unspecified atom stereocenters. The number of carbonyl (C=O) groups excluding carboxylic acids is 4. The molecule has 23 nitrogen and oxygen atoms in total. The van der Waals surface area contributed by atoms with Crippen molar-refractivity contribution in [2.75, 3.05) is 205 Å². The largest absolute Gasteiger partial charge is 0.460 e. The summed E-state index contributed by atoms with van der Waals surface area (Å²) in [6.45, 7) is 16.8. The maximum Gasteiger partial charge on any atom is 0.305 e. The molecule has 0 bridgehead atoms. The Balaban J connectivity index is 1.80. The maximum absolute atomic E-state index is 12.8. The van der Waals surface area contributed by atoms with Crippen LogP contribution in [0.25, 0.3) is 0 Å². The quantitative estimate of drug-likeness (QED) is 0.0329. The average Bonchev–Trinajstić information content (AvgIpc) is 3.64. The number of aliphatic hydroxyl groups is 1. The van der Waals surface area contributed by atoms with Gasteiger partial charge in [-0.15, -0.1) is 11.8 Å². The Kier molecular flexibility index (Phi) is 46.4. The third kappa shape index (κ3) is 40.4. The minimum atomic E-state index is -0.742. The van der Waals surface area contributed by atoms with E-state index in [4.69, 9.17) is 71.1 Å². The second-order valence-electron chi connectivity index (χ2n) is 15.3. The molecule has 1 saturated heterocycles. The van der Waals surface area contributed by atoms with Crippen LogP contribution >= 0.6 is 11.8 Å². The molecule has 0 saturated carbocycles. The van der Waals surface area contributed by atoms with Crippen LogP contribution in [-0.4, -0.2) is 256 Å². The van der Waals surface area contributed by atoms with Crippen LogP contribution in [0.2, 0.25) is 0 Å². The SMILES string of the molecule is C=C(CCCC(=O)OCC(OC)OC(CC)CO)NCCSC1CC(=O)N(CCOCCOCCOCCOCCOCCOCCOCCOCCOCCOCCOCCOCCC(=O)NC)C1=O. The van der Waals surface area contributed by atoms with E-state index < -0.39 is 11.5 Å². The Morgan fingerprint density at radius 1 is 0.662 bits per heavy atom. The number of thioether (sulfide) groups is 1. The van der Waals surface area contributed by atoms with E-state index in [0.29, 0.717) is 190 Å². The number of imide groups is 1. The molecule has 71 heavy (non-hydrogen) atoms. The smallest absolute Gasteiger partial charge is 0.305 e. The van der Waals surface area contributed by atoms with Crippen LogP contribution in [0.3, 0.4) is 0 Å². The minimum Gasteiger partial charge on any atom is -0.460 e. The Labute approximate surface area is 425 Å². The van der Waals surface area contributed by atoms with Gasteiger partial charge in [-0.2, -0.15) is 0 Å². The number of rotatable bonds is 55. The van der Waals surface area contributed by atoms with Gasteiger partial charge < -0.3 is 86.8 Å². The maximum atomic E-state index is 12.8. The van der Waals surface area contributed by atoms with Gasteiger partial charge in [0, 0.05) is 51.4 Å². The summed E-state index contributed by atoms with van der Waals surface area (Å²) in [5.74, 6) is -0.223. The predicted molar refractivity (Wildman–Crippen MR) is 261 cm³/mol. The molecule has 1 aliphatic rings. The van der Waals surface area contributed by atoms with E-state index in [-0.39, 0.29) is 69.0 Å². The predicted octanol–water partition coefficient (Wildman–Crippen LogP) is 0.759. The fourth-order valence-electron chi connectivity index (χ4n) is 5.83. The van der Waals surface area contributed by atoms with Crippen LogP contribution in [0.5, 0.6) is 0 Å². The number of likely N-dealkylation sites (tertiary alicyclic amines) is 1. The number of ether oxygens (including phenoxy) is 15. The molecule has 1 heterocycles. The molecule has 1 fully saturated rings. The highest BCUT2D eigenvalue weighted by Gasteiger charge is 2.38. The zero-order chi connectivity index (χ0) is 51.7. The minimum absolute atomic E-state index is 0.0466. The number of esters is 1. The Hall–Kier alpha value is -2.63. The average molecular weight is 1050 g/mol. The third-order valence-electron chi connectivity index (χ3n) is 9.81. The molecule has 1 rings (SSSR count).